The number of phenols is 1. The average molecular weight is 512 g/mol. The molecule has 1 saturated carbocycles. The maximum atomic E-state index is 10.6. The van der Waals surface area contributed by atoms with Crippen LogP contribution in [0.3, 0.4) is 0 Å². The van der Waals surface area contributed by atoms with Gasteiger partial charge in [0.15, 0.2) is 0 Å². The number of ether oxygens (including phenoxy) is 1. The second-order valence-corrected chi connectivity index (χ2v) is 11.0. The maximum Gasteiger partial charge on any atom is 0.116 e. The number of aliphatic hydroxyl groups excluding tert-OH is 1. The molecule has 0 heterocycles. The van der Waals surface area contributed by atoms with Gasteiger partial charge in [0, 0.05) is 16.6 Å². The summed E-state index contributed by atoms with van der Waals surface area (Å²) in [5.74, 6) is 0.837. The van der Waals surface area contributed by atoms with Crippen molar-refractivity contribution in [3.8, 4) is 5.75 Å². The molecule has 3 aromatic rings. The predicted molar refractivity (Wildman–Crippen MR) is 138 cm³/mol. The predicted octanol–water partition coefficient (Wildman–Crippen LogP) is 6.06. The Morgan fingerprint density at radius 1 is 1.06 bits per heavy atom. The van der Waals surface area contributed by atoms with Crippen molar-refractivity contribution in [1.29, 1.82) is 0 Å². The second-order valence-electron chi connectivity index (χ2n) is 10.1. The molecule has 0 aliphatic heterocycles. The van der Waals surface area contributed by atoms with Gasteiger partial charge in [-0.25, -0.2) is 0 Å². The van der Waals surface area contributed by atoms with Gasteiger partial charge in [-0.2, -0.15) is 0 Å². The summed E-state index contributed by atoms with van der Waals surface area (Å²) in [6.45, 7) is 7.22. The highest BCUT2D eigenvalue weighted by Gasteiger charge is 2.34. The lowest BCUT2D eigenvalue weighted by Gasteiger charge is -2.29. The molecule has 0 bridgehead atoms. The molecule has 0 aromatic heterocycles. The molecular weight excluding hydrogens is 478 g/mol. The van der Waals surface area contributed by atoms with Gasteiger partial charge >= 0.3 is 0 Å². The summed E-state index contributed by atoms with van der Waals surface area (Å²) < 4.78 is 7.33. The number of benzene rings is 3. The van der Waals surface area contributed by atoms with Gasteiger partial charge in [-0.15, -0.1) is 0 Å². The molecular formula is C28H34BrNO3. The number of aromatic hydroxyl groups is 1. The fourth-order valence-electron chi connectivity index (χ4n) is 4.47. The Bertz CT molecular complexity index is 1110. The number of fused-ring (bicyclic) bond motifs is 1. The van der Waals surface area contributed by atoms with Gasteiger partial charge in [-0.1, -0.05) is 46.3 Å². The smallest absolute Gasteiger partial charge is 0.116 e. The van der Waals surface area contributed by atoms with Crippen LogP contribution in [0.1, 0.15) is 49.5 Å². The van der Waals surface area contributed by atoms with Gasteiger partial charge in [-0.3, -0.25) is 0 Å². The van der Waals surface area contributed by atoms with Crippen LogP contribution < -0.4 is 5.32 Å². The molecule has 0 radical (unpaired) electrons. The Hall–Kier alpha value is -1.92. The summed E-state index contributed by atoms with van der Waals surface area (Å²) in [6.07, 6.45) is 2.69. The van der Waals surface area contributed by atoms with Crippen molar-refractivity contribution in [2.75, 3.05) is 13.2 Å². The van der Waals surface area contributed by atoms with E-state index in [1.54, 1.807) is 12.1 Å². The van der Waals surface area contributed by atoms with Crippen molar-refractivity contribution in [3.05, 3.63) is 75.8 Å². The van der Waals surface area contributed by atoms with E-state index in [-0.39, 0.29) is 17.4 Å². The van der Waals surface area contributed by atoms with Gasteiger partial charge in [-0.05, 0) is 97.7 Å². The van der Waals surface area contributed by atoms with Crippen molar-refractivity contribution < 1.29 is 14.9 Å². The lowest BCUT2D eigenvalue weighted by Crippen LogP contribution is -2.46. The lowest BCUT2D eigenvalue weighted by atomic mass is 9.93. The number of aryl methyl sites for hydroxylation is 1. The molecule has 5 heteroatoms. The van der Waals surface area contributed by atoms with Crippen LogP contribution in [0.25, 0.3) is 10.8 Å². The first-order valence-corrected chi connectivity index (χ1v) is 12.5. The van der Waals surface area contributed by atoms with E-state index in [1.807, 2.05) is 12.1 Å². The molecule has 1 aliphatic carbocycles. The molecule has 2 atom stereocenters. The highest BCUT2D eigenvalue weighted by molar-refractivity contribution is 9.10. The van der Waals surface area contributed by atoms with E-state index >= 15 is 0 Å². The molecule has 1 unspecified atom stereocenters. The minimum Gasteiger partial charge on any atom is -0.508 e. The van der Waals surface area contributed by atoms with Gasteiger partial charge in [0.1, 0.15) is 5.75 Å². The molecule has 1 fully saturated rings. The van der Waals surface area contributed by atoms with E-state index in [0.29, 0.717) is 19.1 Å². The minimum atomic E-state index is -0.569. The Morgan fingerprint density at radius 2 is 1.79 bits per heavy atom. The number of phenolic OH excluding ortho intramolecular Hbond substituents is 1. The zero-order valence-electron chi connectivity index (χ0n) is 19.6. The van der Waals surface area contributed by atoms with E-state index in [9.17, 15) is 10.2 Å². The first kappa shape index (κ1) is 24.2. The molecule has 4 nitrogen and oxygen atoms in total. The molecule has 3 N–H and O–H groups in total. The Kier molecular flexibility index (Phi) is 7.44. The van der Waals surface area contributed by atoms with Gasteiger partial charge in [0.2, 0.25) is 0 Å². The first-order chi connectivity index (χ1) is 15.7. The highest BCUT2D eigenvalue weighted by atomic mass is 79.9. The number of hydrogen-bond donors (Lipinski definition) is 3. The van der Waals surface area contributed by atoms with Gasteiger partial charge in [0.25, 0.3) is 0 Å². The summed E-state index contributed by atoms with van der Waals surface area (Å²) in [7, 11) is 0. The number of β-amino-alcohol motifs (C(OH)–C–C–N with tert-alkyl or cyclic N) is 1. The van der Waals surface area contributed by atoms with Crippen LogP contribution in [0.4, 0.5) is 0 Å². The summed E-state index contributed by atoms with van der Waals surface area (Å²) in [5, 5.41) is 26.0. The number of aliphatic hydroxyl groups is 1. The average Bonchev–Trinajstić information content (AvgIpc) is 3.59. The number of hydrogen-bond acceptors (Lipinski definition) is 4. The number of rotatable bonds is 10. The lowest BCUT2D eigenvalue weighted by molar-refractivity contribution is -0.0214. The maximum absolute atomic E-state index is 10.6. The normalized spacial score (nSPS) is 16.2. The Balaban J connectivity index is 1.31. The fraction of sp³-hybridized carbons (Fsp3) is 0.429. The van der Waals surface area contributed by atoms with Crippen molar-refractivity contribution in [1.82, 2.24) is 5.32 Å². The monoisotopic (exact) mass is 511 g/mol. The van der Waals surface area contributed by atoms with Crippen LogP contribution >= 0.6 is 15.9 Å². The van der Waals surface area contributed by atoms with E-state index < -0.39 is 6.10 Å². The van der Waals surface area contributed by atoms with E-state index in [4.69, 9.17) is 4.74 Å². The van der Waals surface area contributed by atoms with Gasteiger partial charge in [0.05, 0.1) is 18.8 Å². The summed E-state index contributed by atoms with van der Waals surface area (Å²) in [4.78, 5) is 0. The van der Waals surface area contributed by atoms with Crippen LogP contribution in [0.2, 0.25) is 0 Å². The van der Waals surface area contributed by atoms with Gasteiger partial charge < -0.3 is 20.3 Å². The van der Waals surface area contributed by atoms with Crippen molar-refractivity contribution >= 4 is 26.7 Å². The summed E-state index contributed by atoms with van der Waals surface area (Å²) in [5.41, 5.74) is 3.49. The first-order valence-electron chi connectivity index (χ1n) is 11.7. The van der Waals surface area contributed by atoms with E-state index in [2.05, 4.69) is 72.3 Å². The van der Waals surface area contributed by atoms with Crippen LogP contribution in [-0.4, -0.2) is 35.0 Å². The number of halogens is 1. The zero-order valence-corrected chi connectivity index (χ0v) is 21.2. The van der Waals surface area contributed by atoms with Crippen LogP contribution in [0.5, 0.6) is 5.75 Å². The quantitative estimate of drug-likeness (QED) is 0.309. The Labute approximate surface area is 205 Å². The molecule has 33 heavy (non-hydrogen) atoms. The molecule has 1 aliphatic rings. The second kappa shape index (κ2) is 10.1. The van der Waals surface area contributed by atoms with Crippen LogP contribution in [0.15, 0.2) is 59.1 Å². The van der Waals surface area contributed by atoms with E-state index in [1.165, 1.54) is 29.5 Å². The van der Waals surface area contributed by atoms with Crippen molar-refractivity contribution in [2.45, 2.75) is 57.8 Å². The third-order valence-electron chi connectivity index (χ3n) is 6.41. The SMILES string of the molecule is Cc1cc(Br)ccc1C(OC[C@H](O)CNC(C)(C)Cc1ccc2cc(O)ccc2c1)C1CC1. The largest absolute Gasteiger partial charge is 0.508 e. The van der Waals surface area contributed by atoms with Crippen LogP contribution in [0, 0.1) is 12.8 Å². The van der Waals surface area contributed by atoms with Crippen LogP contribution in [-0.2, 0) is 11.2 Å². The molecule has 3 aromatic carbocycles. The summed E-state index contributed by atoms with van der Waals surface area (Å²) in [6, 6.07) is 18.1. The summed E-state index contributed by atoms with van der Waals surface area (Å²) >= 11 is 3.54. The standard InChI is InChI=1S/C28H34BrNO3/c1-18-12-23(29)9-11-26(18)27(20-6-7-20)33-17-25(32)16-30-28(2,3)15-19-4-5-22-14-24(31)10-8-21(22)13-19/h4-5,8-14,20,25,27,30-32H,6-7,15-17H2,1-3H3/t25-,27?/m1/s1. The molecule has 0 spiro atoms. The molecule has 0 amide bonds. The molecule has 4 rings (SSSR count). The van der Waals surface area contributed by atoms with Crippen molar-refractivity contribution in [2.24, 2.45) is 5.92 Å². The topological polar surface area (TPSA) is 61.7 Å². The highest BCUT2D eigenvalue weighted by Crippen LogP contribution is 2.44. The third kappa shape index (κ3) is 6.57. The minimum absolute atomic E-state index is 0.0535. The number of nitrogens with one attached hydrogen (secondary N) is 1. The zero-order chi connectivity index (χ0) is 23.6. The van der Waals surface area contributed by atoms with E-state index in [0.717, 1.165) is 21.7 Å². The third-order valence-corrected chi connectivity index (χ3v) is 6.90. The molecule has 176 valence electrons. The van der Waals surface area contributed by atoms with Crippen molar-refractivity contribution in [3.63, 3.8) is 0 Å². The Morgan fingerprint density at radius 3 is 2.52 bits per heavy atom. The fourth-order valence-corrected chi connectivity index (χ4v) is 4.95. The molecule has 0 saturated heterocycles.